The molecule has 72 valence electrons. The van der Waals surface area contributed by atoms with Gasteiger partial charge in [-0.1, -0.05) is 0 Å². The maximum absolute atomic E-state index is 2.31. The van der Waals surface area contributed by atoms with E-state index in [0.717, 1.165) is 0 Å². The molecule has 0 saturated carbocycles. The van der Waals surface area contributed by atoms with Gasteiger partial charge in [0.15, 0.2) is 0 Å². The second-order valence-electron chi connectivity index (χ2n) is 0. The fraction of sp³-hybridized carbons (Fsp3) is 0. The second-order valence-corrected chi connectivity index (χ2v) is 0. The molecule has 0 nitrogen and oxygen atoms in total. The first-order chi connectivity index (χ1) is 6.00. The summed E-state index contributed by atoms with van der Waals surface area (Å²) in [6.07, 6.45) is 0. The Bertz CT molecular complexity index is 25.8. The van der Waals surface area contributed by atoms with E-state index in [2.05, 4.69) is 85.4 Å². The molecule has 0 aliphatic carbocycles. The normalized spacial score (nSPS) is 1.71. The summed E-state index contributed by atoms with van der Waals surface area (Å²) in [4.78, 5) is 0. The minimum atomic E-state index is 0. The van der Waals surface area contributed by atoms with Crippen molar-refractivity contribution in [3.8, 4) is 0 Å². The van der Waals surface area contributed by atoms with Gasteiger partial charge in [-0.05, 0) is 0 Å². The first kappa shape index (κ1) is 49.5. The molecule has 0 aromatic carbocycles. The zero-order valence-electron chi connectivity index (χ0n) is 6.89. The van der Waals surface area contributed by atoms with Gasteiger partial charge in [0.25, 0.3) is 0 Å². The van der Waals surface area contributed by atoms with Crippen LogP contribution in [0, 0.1) is 0 Å². The van der Waals surface area contributed by atoms with Crippen molar-refractivity contribution >= 4 is 195 Å². The van der Waals surface area contributed by atoms with Gasteiger partial charge in [-0.25, -0.2) is 0 Å². The number of hydrogen-bond donors (Lipinski definition) is 0. The van der Waals surface area contributed by atoms with Gasteiger partial charge in [0, 0.05) is 0 Å². The van der Waals surface area contributed by atoms with Crippen molar-refractivity contribution in [2.24, 2.45) is 0 Å². The Hall–Kier alpha value is 8.42. The molecule has 0 unspecified atom stereocenters. The predicted octanol–water partition coefficient (Wildman–Crippen LogP) is -6.56. The van der Waals surface area contributed by atoms with Crippen molar-refractivity contribution in [1.82, 2.24) is 0 Å². The average molecular weight is 1140 g/mol. The van der Waals surface area contributed by atoms with E-state index in [1.807, 2.05) is 85.4 Å². The van der Waals surface area contributed by atoms with Crippen LogP contribution in [0.25, 0.3) is 0 Å². The molecule has 14 heteroatoms. The van der Waals surface area contributed by atoms with Crippen LogP contribution in [0.5, 0.6) is 0 Å². The van der Waals surface area contributed by atoms with Crippen molar-refractivity contribution in [3.63, 3.8) is 0 Å². The molecule has 0 radical (unpaired) electrons. The van der Waals surface area contributed by atoms with Crippen LogP contribution < -0.4 is 0 Å². The molecule has 0 aromatic heterocycles. The van der Waals surface area contributed by atoms with E-state index >= 15 is 0 Å². The van der Waals surface area contributed by atoms with Crippen LogP contribution in [0.15, 0.2) is 0 Å². The van der Waals surface area contributed by atoms with Crippen LogP contribution in [-0.2, 0) is 27.3 Å². The van der Waals surface area contributed by atoms with E-state index in [1.165, 1.54) is 0 Å². The fourth-order valence-corrected chi connectivity index (χ4v) is 0. The van der Waals surface area contributed by atoms with Crippen LogP contribution in [0.2, 0.25) is 0 Å². The smallest absolute Gasteiger partial charge is 2.00 e. The Morgan fingerprint density at radius 3 is 0.357 bits per heavy atom. The molecule has 0 aliphatic rings. The van der Waals surface area contributed by atoms with Gasteiger partial charge in [-0.15, -0.1) is 0 Å². The van der Waals surface area contributed by atoms with Crippen LogP contribution in [0.4, 0.5) is 0 Å². The second kappa shape index (κ2) is 126. The molecular formula is H6As12CdSn. The first-order valence-electron chi connectivity index (χ1n) is 1.34. The number of rotatable bonds is 0. The Kier molecular flexibility index (Phi) is 445. The van der Waals surface area contributed by atoms with Gasteiger partial charge in [0.05, 0.1) is 0 Å². The molecule has 0 saturated heterocycles. The third-order valence-corrected chi connectivity index (χ3v) is 0. The molecule has 0 N–H and O–H groups in total. The third kappa shape index (κ3) is 109. The van der Waals surface area contributed by atoms with E-state index in [1.54, 1.807) is 0 Å². The summed E-state index contributed by atoms with van der Waals surface area (Å²) in [5.41, 5.74) is 0. The Morgan fingerprint density at radius 1 is 0.357 bits per heavy atom. The van der Waals surface area contributed by atoms with Gasteiger partial charge >= 0.3 is 222 Å². The van der Waals surface area contributed by atoms with Crippen LogP contribution in [0.3, 0.4) is 0 Å². The fourth-order valence-electron chi connectivity index (χ4n) is 0. The molecular weight excluding hydrogens is 1130 g/mol. The summed E-state index contributed by atoms with van der Waals surface area (Å²) < 4.78 is 0. The van der Waals surface area contributed by atoms with Gasteiger partial charge in [-0.2, -0.15) is 0 Å². The summed E-state index contributed by atoms with van der Waals surface area (Å²) in [6, 6.07) is 0. The molecule has 0 amide bonds. The minimum absolute atomic E-state index is 0. The summed E-state index contributed by atoms with van der Waals surface area (Å²) in [5.74, 6) is 0. The summed E-state index contributed by atoms with van der Waals surface area (Å²) in [7, 11) is 0. The van der Waals surface area contributed by atoms with Gasteiger partial charge in [0.1, 0.15) is 0 Å². The quantitative estimate of drug-likeness (QED) is 0.212. The van der Waals surface area contributed by atoms with Crippen molar-refractivity contribution in [2.45, 2.75) is 0 Å². The molecule has 0 heterocycles. The molecule has 0 rings (SSSR count). The number of hydrogen-bond acceptors (Lipinski definition) is 0. The van der Waals surface area contributed by atoms with Gasteiger partial charge in [-0.3, -0.25) is 0 Å². The van der Waals surface area contributed by atoms with E-state index in [-0.39, 0.29) is 51.2 Å². The maximum Gasteiger partial charge on any atom is 4.00 e. The molecule has 0 bridgehead atoms. The zero-order valence-corrected chi connectivity index (χ0v) is 37.6. The van der Waals surface area contributed by atoms with Gasteiger partial charge < -0.3 is 0 Å². The Labute approximate surface area is 215 Å². The Morgan fingerprint density at radius 2 is 0.357 bits per heavy atom. The van der Waals surface area contributed by atoms with Crippen LogP contribution >= 0.6 is 0 Å². The van der Waals surface area contributed by atoms with Crippen molar-refractivity contribution < 1.29 is 27.3 Å². The van der Waals surface area contributed by atoms with Crippen molar-refractivity contribution in [1.29, 1.82) is 0 Å². The third-order valence-electron chi connectivity index (χ3n) is 0. The molecule has 0 aliphatic heterocycles. The maximum atomic E-state index is 2.31. The standard InChI is InChI=1S/6As2H.Cd.Sn/c6*1-2;;/h6*1H;;/q6*-1;+2;+4. The summed E-state index contributed by atoms with van der Waals surface area (Å²) in [5, 5.41) is 0. The summed E-state index contributed by atoms with van der Waals surface area (Å²) in [6.45, 7) is 0. The Balaban J connectivity index is -0.00000000500. The minimum Gasteiger partial charge on any atom is 2.00 e. The van der Waals surface area contributed by atoms with Crippen molar-refractivity contribution in [2.75, 3.05) is 0 Å². The summed E-state index contributed by atoms with van der Waals surface area (Å²) >= 11 is 25.5. The van der Waals surface area contributed by atoms with E-state index < -0.39 is 0 Å². The first-order valence-corrected chi connectivity index (χ1v) is 36.2. The zero-order chi connectivity index (χ0) is 12.0. The van der Waals surface area contributed by atoms with Crippen LogP contribution in [-0.4, -0.2) is 195 Å². The van der Waals surface area contributed by atoms with Crippen molar-refractivity contribution in [3.05, 3.63) is 0 Å². The topological polar surface area (TPSA) is 0 Å². The molecule has 0 fully saturated rings. The monoisotopic (exact) mass is 1140 g/mol. The molecule has 14 heavy (non-hydrogen) atoms. The molecule has 0 atom stereocenters. The average Bonchev–Trinajstić information content (AvgIpc) is 2.33. The van der Waals surface area contributed by atoms with Gasteiger partial charge in [0.2, 0.25) is 0 Å². The van der Waals surface area contributed by atoms with E-state index in [0.29, 0.717) is 0 Å². The largest absolute Gasteiger partial charge is 4.00 e. The van der Waals surface area contributed by atoms with Crippen LogP contribution in [0.1, 0.15) is 0 Å². The van der Waals surface area contributed by atoms with E-state index in [9.17, 15) is 0 Å². The SMILES string of the molecule is [As-]=[AsH].[As-]=[AsH].[As-]=[AsH].[As-]=[AsH].[As-]=[AsH].[As-]=[AsH].[Cd+2].[Sn+4]. The molecule has 0 aromatic rings. The predicted molar refractivity (Wildman–Crippen MR) is 83.2 cm³/mol. The van der Waals surface area contributed by atoms with E-state index in [4.69, 9.17) is 0 Å². The molecule has 0 spiro atoms.